The number of nitrogens with zero attached hydrogens (tertiary/aromatic N) is 1. The van der Waals surface area contributed by atoms with Crippen LogP contribution >= 0.6 is 0 Å². The largest absolute Gasteiger partial charge is 0.476 e. The van der Waals surface area contributed by atoms with Crippen LogP contribution in [-0.2, 0) is 10.0 Å². The zero-order chi connectivity index (χ0) is 16.2. The van der Waals surface area contributed by atoms with Crippen molar-refractivity contribution in [3.8, 4) is 0 Å². The summed E-state index contributed by atoms with van der Waals surface area (Å²) in [6.45, 7) is 7.48. The Morgan fingerprint density at radius 2 is 1.95 bits per heavy atom. The maximum atomic E-state index is 12.3. The van der Waals surface area contributed by atoms with E-state index in [-0.39, 0.29) is 16.6 Å². The number of aromatic carboxylic acids is 1. The summed E-state index contributed by atoms with van der Waals surface area (Å²) in [6.07, 6.45) is 2.64. The Bertz CT molecular complexity index is 593. The standard InChI is InChI=1S/C13H23N3O4S/c1-8(2)6-5-7-9(3)16-21(19,20)12-10(4)14-15-11(12)13(17)18/h8-9,16H,5-7H2,1-4H3,(H,14,15)(H,17,18). The summed E-state index contributed by atoms with van der Waals surface area (Å²) >= 11 is 0. The Morgan fingerprint density at radius 3 is 2.48 bits per heavy atom. The molecule has 0 saturated heterocycles. The third-order valence-electron chi connectivity index (χ3n) is 3.14. The van der Waals surface area contributed by atoms with E-state index in [9.17, 15) is 13.2 Å². The van der Waals surface area contributed by atoms with Crippen LogP contribution in [0.4, 0.5) is 0 Å². The third kappa shape index (κ3) is 4.82. The molecule has 0 fully saturated rings. The van der Waals surface area contributed by atoms with Gasteiger partial charge in [0.15, 0.2) is 5.69 Å². The Kier molecular flexibility index (Phi) is 5.91. The number of H-pyrrole nitrogens is 1. The molecule has 1 heterocycles. The fourth-order valence-electron chi connectivity index (χ4n) is 2.11. The van der Waals surface area contributed by atoms with Crippen LogP contribution in [0.1, 0.15) is 56.2 Å². The normalized spacial score (nSPS) is 13.6. The Hall–Kier alpha value is -1.41. The van der Waals surface area contributed by atoms with E-state index in [1.54, 1.807) is 6.92 Å². The van der Waals surface area contributed by atoms with Crippen LogP contribution in [0.2, 0.25) is 0 Å². The van der Waals surface area contributed by atoms with E-state index in [4.69, 9.17) is 5.11 Å². The Morgan fingerprint density at radius 1 is 1.33 bits per heavy atom. The summed E-state index contributed by atoms with van der Waals surface area (Å²) < 4.78 is 27.1. The molecule has 0 aliphatic rings. The van der Waals surface area contributed by atoms with E-state index in [0.717, 1.165) is 12.8 Å². The molecule has 7 nitrogen and oxygen atoms in total. The van der Waals surface area contributed by atoms with E-state index < -0.39 is 21.7 Å². The topological polar surface area (TPSA) is 112 Å². The van der Waals surface area contributed by atoms with Gasteiger partial charge in [-0.05, 0) is 26.2 Å². The van der Waals surface area contributed by atoms with Crippen molar-refractivity contribution < 1.29 is 18.3 Å². The SMILES string of the molecule is Cc1[nH]nc(C(=O)O)c1S(=O)(=O)NC(C)CCCC(C)C. The first kappa shape index (κ1) is 17.6. The van der Waals surface area contributed by atoms with E-state index >= 15 is 0 Å². The number of aryl methyl sites for hydroxylation is 1. The van der Waals surface area contributed by atoms with Crippen LogP contribution in [0.25, 0.3) is 0 Å². The van der Waals surface area contributed by atoms with Crippen molar-refractivity contribution in [2.45, 2.75) is 57.9 Å². The molecule has 0 aliphatic heterocycles. The van der Waals surface area contributed by atoms with Gasteiger partial charge in [0.2, 0.25) is 10.0 Å². The molecule has 0 radical (unpaired) electrons. The van der Waals surface area contributed by atoms with Gasteiger partial charge in [-0.15, -0.1) is 0 Å². The zero-order valence-electron chi connectivity index (χ0n) is 12.8. The van der Waals surface area contributed by atoms with Crippen molar-refractivity contribution in [3.63, 3.8) is 0 Å². The van der Waals surface area contributed by atoms with E-state index in [0.29, 0.717) is 12.3 Å². The number of carboxylic acid groups (broad SMARTS) is 1. The zero-order valence-corrected chi connectivity index (χ0v) is 13.6. The van der Waals surface area contributed by atoms with Crippen LogP contribution in [0, 0.1) is 12.8 Å². The summed E-state index contributed by atoms with van der Waals surface area (Å²) in [4.78, 5) is 10.8. The van der Waals surface area contributed by atoms with Crippen LogP contribution in [-0.4, -0.2) is 35.7 Å². The van der Waals surface area contributed by atoms with Crippen LogP contribution in [0.15, 0.2) is 4.90 Å². The molecule has 0 aliphatic carbocycles. The van der Waals surface area contributed by atoms with Crippen molar-refractivity contribution >= 4 is 16.0 Å². The summed E-state index contributed by atoms with van der Waals surface area (Å²) in [5, 5.41) is 14.9. The van der Waals surface area contributed by atoms with E-state index in [1.807, 2.05) is 0 Å². The maximum Gasteiger partial charge on any atom is 0.357 e. The monoisotopic (exact) mass is 317 g/mol. The fraction of sp³-hybridized carbons (Fsp3) is 0.692. The van der Waals surface area contributed by atoms with Gasteiger partial charge in [-0.1, -0.05) is 26.7 Å². The van der Waals surface area contributed by atoms with Gasteiger partial charge < -0.3 is 5.11 Å². The van der Waals surface area contributed by atoms with Crippen LogP contribution in [0.5, 0.6) is 0 Å². The van der Waals surface area contributed by atoms with Gasteiger partial charge in [-0.25, -0.2) is 17.9 Å². The highest BCUT2D eigenvalue weighted by molar-refractivity contribution is 7.89. The van der Waals surface area contributed by atoms with Crippen LogP contribution < -0.4 is 4.72 Å². The van der Waals surface area contributed by atoms with Gasteiger partial charge in [0.1, 0.15) is 4.90 Å². The second kappa shape index (κ2) is 7.04. The third-order valence-corrected chi connectivity index (χ3v) is 4.89. The van der Waals surface area contributed by atoms with Crippen molar-refractivity contribution in [3.05, 3.63) is 11.4 Å². The first-order valence-corrected chi connectivity index (χ1v) is 8.44. The maximum absolute atomic E-state index is 12.3. The molecule has 0 bridgehead atoms. The number of nitrogens with one attached hydrogen (secondary N) is 2. The average Bonchev–Trinajstić information content (AvgIpc) is 2.70. The predicted octanol–water partition coefficient (Wildman–Crippen LogP) is 1.91. The predicted molar refractivity (Wildman–Crippen MR) is 78.8 cm³/mol. The van der Waals surface area contributed by atoms with Gasteiger partial charge in [0.05, 0.1) is 5.69 Å². The minimum Gasteiger partial charge on any atom is -0.476 e. The van der Waals surface area contributed by atoms with Gasteiger partial charge >= 0.3 is 5.97 Å². The molecule has 1 rings (SSSR count). The number of carboxylic acids is 1. The van der Waals surface area contributed by atoms with E-state index in [1.165, 1.54) is 6.92 Å². The van der Waals surface area contributed by atoms with Gasteiger partial charge in [-0.2, -0.15) is 5.10 Å². The number of carbonyl (C=O) groups is 1. The molecule has 8 heteroatoms. The number of aromatic nitrogens is 2. The number of aromatic amines is 1. The van der Waals surface area contributed by atoms with Gasteiger partial charge in [-0.3, -0.25) is 5.10 Å². The molecule has 1 aromatic heterocycles. The Balaban J connectivity index is 2.82. The van der Waals surface area contributed by atoms with Crippen molar-refractivity contribution in [1.29, 1.82) is 0 Å². The van der Waals surface area contributed by atoms with E-state index in [2.05, 4.69) is 28.8 Å². The Labute approximate surface area is 125 Å². The second-order valence-electron chi connectivity index (χ2n) is 5.68. The van der Waals surface area contributed by atoms with Crippen LogP contribution in [0.3, 0.4) is 0 Å². The fourth-order valence-corrected chi connectivity index (χ4v) is 3.71. The molecule has 0 amide bonds. The minimum atomic E-state index is -3.90. The molecule has 0 spiro atoms. The molecule has 1 aromatic rings. The number of sulfonamides is 1. The summed E-state index contributed by atoms with van der Waals surface area (Å²) in [6, 6.07) is -0.260. The summed E-state index contributed by atoms with van der Waals surface area (Å²) in [5.74, 6) is -0.796. The first-order chi connectivity index (χ1) is 9.65. The summed E-state index contributed by atoms with van der Waals surface area (Å²) in [5.41, 5.74) is -0.260. The summed E-state index contributed by atoms with van der Waals surface area (Å²) in [7, 11) is -3.90. The molecule has 120 valence electrons. The van der Waals surface area contributed by atoms with Crippen molar-refractivity contribution in [2.24, 2.45) is 5.92 Å². The highest BCUT2D eigenvalue weighted by Crippen LogP contribution is 2.18. The van der Waals surface area contributed by atoms with Crippen molar-refractivity contribution in [1.82, 2.24) is 14.9 Å². The molecule has 3 N–H and O–H groups in total. The quantitative estimate of drug-likeness (QED) is 0.678. The molecular weight excluding hydrogens is 294 g/mol. The highest BCUT2D eigenvalue weighted by atomic mass is 32.2. The smallest absolute Gasteiger partial charge is 0.357 e. The average molecular weight is 317 g/mol. The lowest BCUT2D eigenvalue weighted by molar-refractivity contribution is 0.0686. The molecule has 0 saturated carbocycles. The number of rotatable bonds is 8. The molecule has 1 atom stereocenters. The van der Waals surface area contributed by atoms with Gasteiger partial charge in [0, 0.05) is 6.04 Å². The second-order valence-corrected chi connectivity index (χ2v) is 7.33. The minimum absolute atomic E-state index is 0.217. The molecule has 0 aromatic carbocycles. The highest BCUT2D eigenvalue weighted by Gasteiger charge is 2.29. The number of hydrogen-bond donors (Lipinski definition) is 3. The molecular formula is C13H23N3O4S. The first-order valence-electron chi connectivity index (χ1n) is 6.95. The van der Waals surface area contributed by atoms with Crippen molar-refractivity contribution in [2.75, 3.05) is 0 Å². The lowest BCUT2D eigenvalue weighted by Crippen LogP contribution is -2.33. The molecule has 21 heavy (non-hydrogen) atoms. The van der Waals surface area contributed by atoms with Gasteiger partial charge in [0.25, 0.3) is 0 Å². The lowest BCUT2D eigenvalue weighted by Gasteiger charge is -2.14. The number of hydrogen-bond acceptors (Lipinski definition) is 4. The lowest BCUT2D eigenvalue weighted by atomic mass is 10.0. The molecule has 1 unspecified atom stereocenters.